The van der Waals surface area contributed by atoms with Gasteiger partial charge in [0.05, 0.1) is 29.0 Å². The van der Waals surface area contributed by atoms with Gasteiger partial charge in [0.1, 0.15) is 23.4 Å². The number of carboxylic acids is 1. The fraction of sp³-hybridized carbons (Fsp3) is 0.238. The third-order valence-electron chi connectivity index (χ3n) is 4.89. The first-order valence-corrected chi connectivity index (χ1v) is 9.14. The minimum Gasteiger partial charge on any atom is -0.496 e. The Morgan fingerprint density at radius 1 is 1.21 bits per heavy atom. The van der Waals surface area contributed by atoms with Crippen LogP contribution in [0.25, 0.3) is 22.3 Å². The minimum absolute atomic E-state index is 0.152. The van der Waals surface area contributed by atoms with E-state index in [4.69, 9.17) is 30.6 Å². The second-order valence-electron chi connectivity index (χ2n) is 6.70. The number of ether oxygens (including phenoxy) is 2. The third-order valence-corrected chi connectivity index (χ3v) is 5.19. The lowest BCUT2D eigenvalue weighted by Crippen LogP contribution is -2.38. The van der Waals surface area contributed by atoms with Crippen LogP contribution in [0.4, 0.5) is 0 Å². The van der Waals surface area contributed by atoms with Gasteiger partial charge in [-0.25, -0.2) is 0 Å². The zero-order chi connectivity index (χ0) is 19.8. The Bertz CT molecular complexity index is 1110. The highest BCUT2D eigenvalue weighted by atomic mass is 35.5. The molecule has 1 fully saturated rings. The van der Waals surface area contributed by atoms with E-state index in [-0.39, 0.29) is 17.5 Å². The predicted octanol–water partition coefficient (Wildman–Crippen LogP) is 4.36. The number of methoxy groups -OCH3 is 1. The summed E-state index contributed by atoms with van der Waals surface area (Å²) in [5, 5.41) is 9.73. The smallest absolute Gasteiger partial charge is 0.306 e. The number of para-hydroxylation sites is 1. The Kier molecular flexibility index (Phi) is 4.73. The maximum Gasteiger partial charge on any atom is 0.306 e. The number of rotatable bonds is 5. The quantitative estimate of drug-likeness (QED) is 0.684. The van der Waals surface area contributed by atoms with Gasteiger partial charge in [-0.2, -0.15) is 0 Å². The third kappa shape index (κ3) is 3.31. The van der Waals surface area contributed by atoms with Crippen molar-refractivity contribution in [3.63, 3.8) is 0 Å². The lowest BCUT2D eigenvalue weighted by molar-refractivity contribution is -0.147. The van der Waals surface area contributed by atoms with Crippen molar-refractivity contribution in [2.45, 2.75) is 18.9 Å². The zero-order valence-corrected chi connectivity index (χ0v) is 15.7. The molecular weight excluding hydrogens is 384 g/mol. The Morgan fingerprint density at radius 2 is 2.00 bits per heavy atom. The zero-order valence-electron chi connectivity index (χ0n) is 15.0. The fourth-order valence-corrected chi connectivity index (χ4v) is 3.50. The maximum atomic E-state index is 12.5. The summed E-state index contributed by atoms with van der Waals surface area (Å²) in [5.41, 5.74) is 0.645. The molecule has 0 radical (unpaired) electrons. The molecule has 4 rings (SSSR count). The standard InChI is InChI=1S/C21H17ClO6/c1-26-18-6-5-12(27-13-7-11(8-13)21(24)25)9-15(18)19-10-17(23)14-3-2-4-16(22)20(14)28-19/h2-6,9-11,13H,7-8H2,1H3,(H,24,25). The number of fused-ring (bicyclic) bond motifs is 1. The first-order chi connectivity index (χ1) is 13.5. The Labute approximate surface area is 165 Å². The van der Waals surface area contributed by atoms with Crippen LogP contribution < -0.4 is 14.9 Å². The van der Waals surface area contributed by atoms with Crippen LogP contribution >= 0.6 is 11.6 Å². The van der Waals surface area contributed by atoms with Gasteiger partial charge in [-0.05, 0) is 43.2 Å². The minimum atomic E-state index is -0.801. The molecule has 0 amide bonds. The summed E-state index contributed by atoms with van der Waals surface area (Å²) in [7, 11) is 1.52. The summed E-state index contributed by atoms with van der Waals surface area (Å²) in [5.74, 6) is 0.212. The van der Waals surface area contributed by atoms with Crippen LogP contribution in [0, 0.1) is 5.92 Å². The number of benzene rings is 2. The topological polar surface area (TPSA) is 86.0 Å². The van der Waals surface area contributed by atoms with Crippen molar-refractivity contribution in [1.29, 1.82) is 0 Å². The molecule has 0 saturated heterocycles. The number of hydrogen-bond donors (Lipinski definition) is 1. The van der Waals surface area contributed by atoms with E-state index in [2.05, 4.69) is 0 Å². The Balaban J connectivity index is 1.71. The second-order valence-corrected chi connectivity index (χ2v) is 7.11. The van der Waals surface area contributed by atoms with E-state index in [9.17, 15) is 9.59 Å². The molecule has 144 valence electrons. The van der Waals surface area contributed by atoms with Crippen LogP contribution in [0.15, 0.2) is 51.7 Å². The van der Waals surface area contributed by atoms with Crippen molar-refractivity contribution in [3.05, 3.63) is 57.7 Å². The molecule has 3 aromatic rings. The van der Waals surface area contributed by atoms with E-state index >= 15 is 0 Å². The van der Waals surface area contributed by atoms with Crippen LogP contribution in [-0.2, 0) is 4.79 Å². The number of aliphatic carboxylic acids is 1. The van der Waals surface area contributed by atoms with Crippen LogP contribution in [0.3, 0.4) is 0 Å². The van der Waals surface area contributed by atoms with Crippen molar-refractivity contribution in [1.82, 2.24) is 0 Å². The van der Waals surface area contributed by atoms with Crippen LogP contribution in [-0.4, -0.2) is 24.3 Å². The number of halogens is 1. The average Bonchev–Trinajstić information content (AvgIpc) is 2.64. The molecule has 1 heterocycles. The highest BCUT2D eigenvalue weighted by Crippen LogP contribution is 2.37. The highest BCUT2D eigenvalue weighted by molar-refractivity contribution is 6.34. The molecule has 1 aromatic heterocycles. The van der Waals surface area contributed by atoms with Gasteiger partial charge >= 0.3 is 5.97 Å². The molecule has 1 aliphatic rings. The molecule has 0 spiro atoms. The normalized spacial score (nSPS) is 18.5. The van der Waals surface area contributed by atoms with Gasteiger partial charge in [-0.15, -0.1) is 0 Å². The second kappa shape index (κ2) is 7.20. The van der Waals surface area contributed by atoms with Crippen LogP contribution in [0.5, 0.6) is 11.5 Å². The van der Waals surface area contributed by atoms with E-state index in [1.807, 2.05) is 0 Å². The average molecular weight is 401 g/mol. The molecule has 1 aliphatic carbocycles. The molecule has 1 saturated carbocycles. The van der Waals surface area contributed by atoms with Crippen molar-refractivity contribution in [2.24, 2.45) is 5.92 Å². The Hall–Kier alpha value is -2.99. The fourth-order valence-electron chi connectivity index (χ4n) is 3.28. The van der Waals surface area contributed by atoms with E-state index in [0.29, 0.717) is 51.7 Å². The summed E-state index contributed by atoms with van der Waals surface area (Å²) in [6.07, 6.45) is 0.787. The highest BCUT2D eigenvalue weighted by Gasteiger charge is 2.36. The summed E-state index contributed by atoms with van der Waals surface area (Å²) in [6, 6.07) is 11.6. The van der Waals surface area contributed by atoms with Gasteiger partial charge in [0, 0.05) is 6.07 Å². The molecular formula is C21H17ClO6. The predicted molar refractivity (Wildman–Crippen MR) is 104 cm³/mol. The SMILES string of the molecule is COc1ccc(OC2CC(C(=O)O)C2)cc1-c1cc(=O)c2cccc(Cl)c2o1. The van der Waals surface area contributed by atoms with Crippen molar-refractivity contribution in [2.75, 3.05) is 7.11 Å². The van der Waals surface area contributed by atoms with Gasteiger partial charge < -0.3 is 19.0 Å². The molecule has 0 bridgehead atoms. The Morgan fingerprint density at radius 3 is 2.71 bits per heavy atom. The largest absolute Gasteiger partial charge is 0.496 e. The van der Waals surface area contributed by atoms with Gasteiger partial charge in [0.15, 0.2) is 11.0 Å². The van der Waals surface area contributed by atoms with Gasteiger partial charge in [-0.1, -0.05) is 17.7 Å². The van der Waals surface area contributed by atoms with Crippen molar-refractivity contribution in [3.8, 4) is 22.8 Å². The van der Waals surface area contributed by atoms with Crippen LogP contribution in [0.2, 0.25) is 5.02 Å². The molecule has 7 heteroatoms. The molecule has 6 nitrogen and oxygen atoms in total. The van der Waals surface area contributed by atoms with Gasteiger partial charge in [0.2, 0.25) is 0 Å². The molecule has 0 atom stereocenters. The summed E-state index contributed by atoms with van der Waals surface area (Å²) in [4.78, 5) is 23.4. The van der Waals surface area contributed by atoms with Gasteiger partial charge in [0.25, 0.3) is 0 Å². The number of carbonyl (C=O) groups is 1. The molecule has 1 N–H and O–H groups in total. The monoisotopic (exact) mass is 400 g/mol. The van der Waals surface area contributed by atoms with Crippen LogP contribution in [0.1, 0.15) is 12.8 Å². The summed E-state index contributed by atoms with van der Waals surface area (Å²) >= 11 is 6.19. The van der Waals surface area contributed by atoms with Crippen molar-refractivity contribution < 1.29 is 23.8 Å². The summed E-state index contributed by atoms with van der Waals surface area (Å²) in [6.45, 7) is 0. The molecule has 2 aromatic carbocycles. The van der Waals surface area contributed by atoms with E-state index < -0.39 is 5.97 Å². The van der Waals surface area contributed by atoms with E-state index in [1.54, 1.807) is 36.4 Å². The van der Waals surface area contributed by atoms with E-state index in [1.165, 1.54) is 13.2 Å². The number of hydrogen-bond acceptors (Lipinski definition) is 5. The lowest BCUT2D eigenvalue weighted by Gasteiger charge is -2.32. The summed E-state index contributed by atoms with van der Waals surface area (Å²) < 4.78 is 17.2. The van der Waals surface area contributed by atoms with E-state index in [0.717, 1.165) is 0 Å². The number of carboxylic acid groups (broad SMARTS) is 1. The van der Waals surface area contributed by atoms with Crippen molar-refractivity contribution >= 4 is 28.5 Å². The maximum absolute atomic E-state index is 12.5. The lowest BCUT2D eigenvalue weighted by atomic mass is 9.82. The molecule has 0 unspecified atom stereocenters. The molecule has 28 heavy (non-hydrogen) atoms. The van der Waals surface area contributed by atoms with Gasteiger partial charge in [-0.3, -0.25) is 9.59 Å². The molecule has 0 aliphatic heterocycles. The first kappa shape index (κ1) is 18.4. The first-order valence-electron chi connectivity index (χ1n) is 8.76.